The SMILES string of the molecule is COc1ccc(S(=O)(=O)N2CC(O)CC2C(=O)N2CCN(c3ccc([N+](=O)[O-])cc3)CC2)cc1. The van der Waals surface area contributed by atoms with Gasteiger partial charge < -0.3 is 19.6 Å². The van der Waals surface area contributed by atoms with Crippen LogP contribution in [-0.2, 0) is 14.8 Å². The van der Waals surface area contributed by atoms with Gasteiger partial charge in [-0.1, -0.05) is 0 Å². The third-order valence-corrected chi connectivity index (χ3v) is 8.09. The van der Waals surface area contributed by atoms with E-state index in [-0.39, 0.29) is 29.5 Å². The maximum Gasteiger partial charge on any atom is 0.269 e. The van der Waals surface area contributed by atoms with Gasteiger partial charge in [-0.3, -0.25) is 14.9 Å². The van der Waals surface area contributed by atoms with Gasteiger partial charge >= 0.3 is 0 Å². The number of anilines is 1. The van der Waals surface area contributed by atoms with E-state index in [2.05, 4.69) is 0 Å². The number of sulfonamides is 1. The molecule has 2 saturated heterocycles. The highest BCUT2D eigenvalue weighted by atomic mass is 32.2. The maximum absolute atomic E-state index is 13.3. The molecule has 1 amide bonds. The van der Waals surface area contributed by atoms with Crippen molar-refractivity contribution in [1.82, 2.24) is 9.21 Å². The molecule has 11 nitrogen and oxygen atoms in total. The van der Waals surface area contributed by atoms with E-state index in [1.54, 1.807) is 17.0 Å². The fourth-order valence-electron chi connectivity index (χ4n) is 4.34. The first kappa shape index (κ1) is 23.9. The van der Waals surface area contributed by atoms with Crippen LogP contribution in [-0.4, -0.2) is 85.5 Å². The lowest BCUT2D eigenvalue weighted by molar-refractivity contribution is -0.384. The van der Waals surface area contributed by atoms with Gasteiger partial charge in [0, 0.05) is 57.0 Å². The van der Waals surface area contributed by atoms with Crippen molar-refractivity contribution in [2.45, 2.75) is 23.5 Å². The van der Waals surface area contributed by atoms with Crippen LogP contribution in [0.1, 0.15) is 6.42 Å². The van der Waals surface area contributed by atoms with Crippen LogP contribution in [0.5, 0.6) is 5.75 Å². The summed E-state index contributed by atoms with van der Waals surface area (Å²) in [6.07, 6.45) is -0.889. The Bertz CT molecular complexity index is 1150. The van der Waals surface area contributed by atoms with Crippen molar-refractivity contribution in [2.75, 3.05) is 44.7 Å². The molecule has 12 heteroatoms. The highest BCUT2D eigenvalue weighted by Gasteiger charge is 2.45. The number of β-amino-alcohol motifs (C(OH)–C–C–N with tert-alkyl or cyclic N) is 1. The van der Waals surface area contributed by atoms with Crippen LogP contribution in [0.25, 0.3) is 0 Å². The molecule has 2 fully saturated rings. The second-order valence-electron chi connectivity index (χ2n) is 8.24. The molecule has 2 unspecified atom stereocenters. The summed E-state index contributed by atoms with van der Waals surface area (Å²) in [6, 6.07) is 11.2. The molecule has 4 rings (SSSR count). The van der Waals surface area contributed by atoms with Crippen LogP contribution >= 0.6 is 0 Å². The van der Waals surface area contributed by atoms with Crippen LogP contribution < -0.4 is 9.64 Å². The third kappa shape index (κ3) is 4.69. The van der Waals surface area contributed by atoms with E-state index >= 15 is 0 Å². The van der Waals surface area contributed by atoms with E-state index < -0.39 is 27.1 Å². The summed E-state index contributed by atoms with van der Waals surface area (Å²) in [4.78, 5) is 27.3. The van der Waals surface area contributed by atoms with Crippen molar-refractivity contribution in [3.8, 4) is 5.75 Å². The fraction of sp³-hybridized carbons (Fsp3) is 0.409. The number of methoxy groups -OCH3 is 1. The summed E-state index contributed by atoms with van der Waals surface area (Å²) < 4.78 is 32.6. The predicted molar refractivity (Wildman–Crippen MR) is 123 cm³/mol. The maximum atomic E-state index is 13.3. The van der Waals surface area contributed by atoms with Gasteiger partial charge in [-0.2, -0.15) is 4.31 Å². The summed E-state index contributed by atoms with van der Waals surface area (Å²) >= 11 is 0. The normalized spacial score (nSPS) is 21.5. The Hall–Kier alpha value is -3.22. The van der Waals surface area contributed by atoms with Crippen LogP contribution in [0.3, 0.4) is 0 Å². The highest BCUT2D eigenvalue weighted by molar-refractivity contribution is 7.89. The second kappa shape index (κ2) is 9.57. The van der Waals surface area contributed by atoms with Gasteiger partial charge in [0.25, 0.3) is 5.69 Å². The Morgan fingerprint density at radius 2 is 1.68 bits per heavy atom. The summed E-state index contributed by atoms with van der Waals surface area (Å²) in [7, 11) is -2.51. The van der Waals surface area contributed by atoms with E-state index in [9.17, 15) is 28.4 Å². The molecule has 182 valence electrons. The summed E-state index contributed by atoms with van der Waals surface area (Å²) in [5.74, 6) is 0.177. The molecular formula is C22H26N4O7S. The lowest BCUT2D eigenvalue weighted by Gasteiger charge is -2.38. The molecule has 2 aromatic rings. The number of aliphatic hydroxyl groups is 1. The Morgan fingerprint density at radius 3 is 2.24 bits per heavy atom. The number of benzene rings is 2. The molecule has 2 heterocycles. The van der Waals surface area contributed by atoms with Gasteiger partial charge in [0.15, 0.2) is 0 Å². The Balaban J connectivity index is 1.44. The minimum absolute atomic E-state index is 0.00974. The van der Waals surface area contributed by atoms with Crippen LogP contribution in [0, 0.1) is 10.1 Å². The first-order chi connectivity index (χ1) is 16.2. The molecule has 1 N–H and O–H groups in total. The first-order valence-corrected chi connectivity index (χ1v) is 12.3. The van der Waals surface area contributed by atoms with Crippen LogP contribution in [0.2, 0.25) is 0 Å². The van der Waals surface area contributed by atoms with Gasteiger partial charge in [0.1, 0.15) is 11.8 Å². The van der Waals surface area contributed by atoms with E-state index in [0.717, 1.165) is 9.99 Å². The quantitative estimate of drug-likeness (QED) is 0.470. The molecule has 2 aliphatic heterocycles. The second-order valence-corrected chi connectivity index (χ2v) is 10.1. The molecule has 2 atom stereocenters. The van der Waals surface area contributed by atoms with Gasteiger partial charge in [0.05, 0.1) is 23.0 Å². The molecule has 0 aromatic heterocycles. The number of carbonyl (C=O) groups excluding carboxylic acids is 1. The number of nitrogens with zero attached hydrogens (tertiary/aromatic N) is 4. The lowest BCUT2D eigenvalue weighted by atomic mass is 10.1. The fourth-order valence-corrected chi connectivity index (χ4v) is 5.97. The predicted octanol–water partition coefficient (Wildman–Crippen LogP) is 1.08. The molecular weight excluding hydrogens is 464 g/mol. The average Bonchev–Trinajstić information content (AvgIpc) is 3.26. The smallest absolute Gasteiger partial charge is 0.269 e. The molecule has 0 saturated carbocycles. The molecule has 34 heavy (non-hydrogen) atoms. The number of non-ortho nitro benzene ring substituents is 1. The topological polar surface area (TPSA) is 134 Å². The van der Waals surface area contributed by atoms with Gasteiger partial charge in [0.2, 0.25) is 15.9 Å². The van der Waals surface area contributed by atoms with Crippen molar-refractivity contribution in [2.24, 2.45) is 0 Å². The number of ether oxygens (including phenoxy) is 1. The van der Waals surface area contributed by atoms with Gasteiger partial charge in [-0.15, -0.1) is 0 Å². The number of hydrogen-bond donors (Lipinski definition) is 1. The van der Waals surface area contributed by atoms with Crippen molar-refractivity contribution in [3.63, 3.8) is 0 Å². The van der Waals surface area contributed by atoms with Gasteiger partial charge in [-0.25, -0.2) is 8.42 Å². The number of amides is 1. The number of carbonyl (C=O) groups is 1. The number of hydrogen-bond acceptors (Lipinski definition) is 8. The third-order valence-electron chi connectivity index (χ3n) is 6.20. The van der Waals surface area contributed by atoms with Crippen LogP contribution in [0.15, 0.2) is 53.4 Å². The van der Waals surface area contributed by atoms with E-state index in [0.29, 0.717) is 31.9 Å². The minimum Gasteiger partial charge on any atom is -0.497 e. The van der Waals surface area contributed by atoms with Gasteiger partial charge in [-0.05, 0) is 36.4 Å². The summed E-state index contributed by atoms with van der Waals surface area (Å²) in [5.41, 5.74) is 0.827. The minimum atomic E-state index is -3.99. The number of nitro benzene ring substituents is 1. The Morgan fingerprint density at radius 1 is 1.06 bits per heavy atom. The molecule has 0 bridgehead atoms. The molecule has 2 aliphatic rings. The van der Waals surface area contributed by atoms with Crippen LogP contribution in [0.4, 0.5) is 11.4 Å². The first-order valence-electron chi connectivity index (χ1n) is 10.8. The van der Waals surface area contributed by atoms with Crippen molar-refractivity contribution in [3.05, 3.63) is 58.6 Å². The van der Waals surface area contributed by atoms with E-state index in [4.69, 9.17) is 4.74 Å². The van der Waals surface area contributed by atoms with E-state index in [1.165, 1.54) is 43.5 Å². The average molecular weight is 491 g/mol. The zero-order valence-electron chi connectivity index (χ0n) is 18.6. The van der Waals surface area contributed by atoms with Crippen molar-refractivity contribution < 1.29 is 28.0 Å². The number of nitro groups is 1. The number of piperazine rings is 1. The lowest BCUT2D eigenvalue weighted by Crippen LogP contribution is -2.54. The largest absolute Gasteiger partial charge is 0.497 e. The molecule has 0 spiro atoms. The number of rotatable bonds is 6. The standard InChI is InChI=1S/C22H26N4O7S/c1-33-19-6-8-20(9-7-19)34(31,32)25-15-18(27)14-21(25)22(28)24-12-10-23(11-13-24)16-2-4-17(5-3-16)26(29)30/h2-9,18,21,27H,10-15H2,1H3. The zero-order chi connectivity index (χ0) is 24.5. The van der Waals surface area contributed by atoms with E-state index in [1.807, 2.05) is 4.90 Å². The summed E-state index contributed by atoms with van der Waals surface area (Å²) in [6.45, 7) is 1.61. The summed E-state index contributed by atoms with van der Waals surface area (Å²) in [5, 5.41) is 21.1. The molecule has 2 aromatic carbocycles. The molecule has 0 radical (unpaired) electrons. The molecule has 0 aliphatic carbocycles. The highest BCUT2D eigenvalue weighted by Crippen LogP contribution is 2.29. The number of aliphatic hydroxyl groups excluding tert-OH is 1. The van der Waals surface area contributed by atoms with Crippen molar-refractivity contribution in [1.29, 1.82) is 0 Å². The Kier molecular flexibility index (Phi) is 6.73. The zero-order valence-corrected chi connectivity index (χ0v) is 19.4. The Labute approximate surface area is 197 Å². The van der Waals surface area contributed by atoms with Crippen molar-refractivity contribution >= 4 is 27.3 Å². The monoisotopic (exact) mass is 490 g/mol.